The lowest BCUT2D eigenvalue weighted by Crippen LogP contribution is -2.19. The molecule has 0 spiro atoms. The molecule has 0 aliphatic carbocycles. The Morgan fingerprint density at radius 1 is 1.21 bits per heavy atom. The van der Waals surface area contributed by atoms with E-state index in [1.165, 1.54) is 25.7 Å². The first kappa shape index (κ1) is 13.9. The Hall–Kier alpha value is -0.120. The van der Waals surface area contributed by atoms with Crippen molar-refractivity contribution in [2.24, 2.45) is 0 Å². The molecular weight excluding hydrogens is 180 g/mol. The van der Waals surface area contributed by atoms with Crippen LogP contribution in [0.3, 0.4) is 0 Å². The molecule has 0 fully saturated rings. The van der Waals surface area contributed by atoms with Crippen LogP contribution in [0.1, 0.15) is 39.0 Å². The van der Waals surface area contributed by atoms with Crippen molar-refractivity contribution >= 4 is 0 Å². The molecule has 0 saturated heterocycles. The molecule has 0 radical (unpaired) electrons. The van der Waals surface area contributed by atoms with Gasteiger partial charge >= 0.3 is 0 Å². The van der Waals surface area contributed by atoms with Crippen LogP contribution in [0.4, 0.5) is 0 Å². The number of aliphatic hydroxyl groups excluding tert-OH is 1. The van der Waals surface area contributed by atoms with Gasteiger partial charge in [0, 0.05) is 7.11 Å². The van der Waals surface area contributed by atoms with Gasteiger partial charge in [0.05, 0.1) is 25.9 Å². The number of hydrogen-bond acceptors (Lipinski definition) is 3. The maximum atomic E-state index is 8.53. The Labute approximate surface area is 87.4 Å². The van der Waals surface area contributed by atoms with Crippen molar-refractivity contribution in [3.63, 3.8) is 0 Å². The molecule has 86 valence electrons. The van der Waals surface area contributed by atoms with Crippen molar-refractivity contribution in [1.82, 2.24) is 0 Å². The molecule has 0 rings (SSSR count). The molecule has 0 aliphatic heterocycles. The van der Waals surface area contributed by atoms with Crippen LogP contribution < -0.4 is 0 Å². The van der Waals surface area contributed by atoms with Crippen LogP contribution in [0.5, 0.6) is 0 Å². The second-order valence-corrected chi connectivity index (χ2v) is 3.51. The van der Waals surface area contributed by atoms with Crippen LogP contribution in [0, 0.1) is 0 Å². The third kappa shape index (κ3) is 8.48. The topological polar surface area (TPSA) is 38.7 Å². The number of rotatable bonds is 10. The van der Waals surface area contributed by atoms with E-state index in [1.54, 1.807) is 7.11 Å². The largest absolute Gasteiger partial charge is 0.394 e. The molecule has 3 nitrogen and oxygen atoms in total. The Balaban J connectivity index is 3.28. The van der Waals surface area contributed by atoms with E-state index in [0.717, 1.165) is 6.42 Å². The molecule has 0 aliphatic rings. The van der Waals surface area contributed by atoms with Gasteiger partial charge in [0.15, 0.2) is 0 Å². The second-order valence-electron chi connectivity index (χ2n) is 3.51. The number of aliphatic hydroxyl groups is 1. The smallest absolute Gasteiger partial charge is 0.0804 e. The van der Waals surface area contributed by atoms with E-state index >= 15 is 0 Å². The molecule has 1 unspecified atom stereocenters. The average molecular weight is 204 g/mol. The average Bonchev–Trinajstić information content (AvgIpc) is 2.22. The lowest BCUT2D eigenvalue weighted by molar-refractivity contribution is -0.00640. The normalized spacial score (nSPS) is 13.1. The summed E-state index contributed by atoms with van der Waals surface area (Å²) in [5.41, 5.74) is 0. The lowest BCUT2D eigenvalue weighted by atomic mass is 10.1. The molecule has 0 bridgehead atoms. The SMILES string of the molecule is CCCCCCC(COCCO)OC. The highest BCUT2D eigenvalue weighted by atomic mass is 16.5. The highest BCUT2D eigenvalue weighted by molar-refractivity contribution is 4.56. The van der Waals surface area contributed by atoms with Crippen molar-refractivity contribution in [3.05, 3.63) is 0 Å². The van der Waals surface area contributed by atoms with E-state index in [0.29, 0.717) is 13.2 Å². The van der Waals surface area contributed by atoms with Crippen molar-refractivity contribution in [3.8, 4) is 0 Å². The van der Waals surface area contributed by atoms with Crippen molar-refractivity contribution in [1.29, 1.82) is 0 Å². The molecule has 0 aromatic rings. The third-order valence-electron chi connectivity index (χ3n) is 2.25. The fourth-order valence-corrected chi connectivity index (χ4v) is 1.35. The van der Waals surface area contributed by atoms with Gasteiger partial charge in [-0.1, -0.05) is 32.6 Å². The van der Waals surface area contributed by atoms with Crippen LogP contribution in [-0.2, 0) is 9.47 Å². The van der Waals surface area contributed by atoms with Gasteiger partial charge in [0.2, 0.25) is 0 Å². The fraction of sp³-hybridized carbons (Fsp3) is 1.00. The van der Waals surface area contributed by atoms with Gasteiger partial charge in [-0.05, 0) is 6.42 Å². The first-order valence-electron chi connectivity index (χ1n) is 5.56. The lowest BCUT2D eigenvalue weighted by Gasteiger charge is -2.14. The molecule has 0 saturated carbocycles. The van der Waals surface area contributed by atoms with Gasteiger partial charge in [-0.2, -0.15) is 0 Å². The van der Waals surface area contributed by atoms with Crippen molar-refractivity contribution < 1.29 is 14.6 Å². The number of methoxy groups -OCH3 is 1. The summed E-state index contributed by atoms with van der Waals surface area (Å²) in [6, 6.07) is 0. The molecule has 0 amide bonds. The van der Waals surface area contributed by atoms with Gasteiger partial charge in [0.1, 0.15) is 0 Å². The summed E-state index contributed by atoms with van der Waals surface area (Å²) in [5, 5.41) is 8.53. The highest BCUT2D eigenvalue weighted by Gasteiger charge is 2.06. The number of hydrogen-bond donors (Lipinski definition) is 1. The van der Waals surface area contributed by atoms with E-state index in [4.69, 9.17) is 14.6 Å². The first-order chi connectivity index (χ1) is 6.85. The summed E-state index contributed by atoms with van der Waals surface area (Å²) >= 11 is 0. The molecule has 0 heterocycles. The zero-order valence-electron chi connectivity index (χ0n) is 9.50. The first-order valence-corrected chi connectivity index (χ1v) is 5.56. The van der Waals surface area contributed by atoms with Crippen LogP contribution >= 0.6 is 0 Å². The zero-order chi connectivity index (χ0) is 10.6. The highest BCUT2D eigenvalue weighted by Crippen LogP contribution is 2.07. The minimum Gasteiger partial charge on any atom is -0.394 e. The summed E-state index contributed by atoms with van der Waals surface area (Å²) in [7, 11) is 1.72. The molecule has 14 heavy (non-hydrogen) atoms. The standard InChI is InChI=1S/C11H24O3/c1-3-4-5-6-7-11(13-2)10-14-9-8-12/h11-12H,3-10H2,1-2H3. The van der Waals surface area contributed by atoms with Gasteiger partial charge in [0.25, 0.3) is 0 Å². The van der Waals surface area contributed by atoms with Crippen molar-refractivity contribution in [2.45, 2.75) is 45.1 Å². The number of unbranched alkanes of at least 4 members (excludes halogenated alkanes) is 3. The zero-order valence-corrected chi connectivity index (χ0v) is 9.50. The minimum absolute atomic E-state index is 0.0896. The molecule has 3 heteroatoms. The van der Waals surface area contributed by atoms with Gasteiger partial charge in [-0.3, -0.25) is 0 Å². The molecule has 0 aromatic carbocycles. The van der Waals surface area contributed by atoms with Gasteiger partial charge < -0.3 is 14.6 Å². The maximum absolute atomic E-state index is 8.53. The molecule has 0 aromatic heterocycles. The van der Waals surface area contributed by atoms with Crippen LogP contribution in [0.15, 0.2) is 0 Å². The maximum Gasteiger partial charge on any atom is 0.0804 e. The van der Waals surface area contributed by atoms with E-state index < -0.39 is 0 Å². The van der Waals surface area contributed by atoms with Crippen LogP contribution in [-0.4, -0.2) is 38.1 Å². The van der Waals surface area contributed by atoms with Gasteiger partial charge in [-0.25, -0.2) is 0 Å². The Morgan fingerprint density at radius 2 is 2.00 bits per heavy atom. The summed E-state index contributed by atoms with van der Waals surface area (Å²) in [6.07, 6.45) is 6.29. The molecular formula is C11H24O3. The Kier molecular flexibility index (Phi) is 10.9. The molecule has 1 atom stereocenters. The molecule has 1 N–H and O–H groups in total. The monoisotopic (exact) mass is 204 g/mol. The minimum atomic E-state index is 0.0896. The quantitative estimate of drug-likeness (QED) is 0.553. The predicted octanol–water partition coefficient (Wildman–Crippen LogP) is 1.98. The van der Waals surface area contributed by atoms with Crippen LogP contribution in [0.2, 0.25) is 0 Å². The number of ether oxygens (including phenoxy) is 2. The van der Waals surface area contributed by atoms with E-state index in [9.17, 15) is 0 Å². The second kappa shape index (κ2) is 11.0. The van der Waals surface area contributed by atoms with E-state index in [-0.39, 0.29) is 12.7 Å². The fourth-order valence-electron chi connectivity index (χ4n) is 1.35. The summed E-state index contributed by atoms with van der Waals surface area (Å²) < 4.78 is 10.5. The van der Waals surface area contributed by atoms with Crippen LogP contribution in [0.25, 0.3) is 0 Å². The summed E-state index contributed by atoms with van der Waals surface area (Å²) in [5.74, 6) is 0. The van der Waals surface area contributed by atoms with Crippen molar-refractivity contribution in [2.75, 3.05) is 26.9 Å². The van der Waals surface area contributed by atoms with E-state index in [1.807, 2.05) is 0 Å². The van der Waals surface area contributed by atoms with E-state index in [2.05, 4.69) is 6.92 Å². The summed E-state index contributed by atoms with van der Waals surface area (Å²) in [4.78, 5) is 0. The third-order valence-corrected chi connectivity index (χ3v) is 2.25. The van der Waals surface area contributed by atoms with Gasteiger partial charge in [-0.15, -0.1) is 0 Å². The summed E-state index contributed by atoms with van der Waals surface area (Å²) in [6.45, 7) is 3.31. The predicted molar refractivity (Wildman–Crippen MR) is 57.5 cm³/mol. The Bertz CT molecular complexity index is 107. The Morgan fingerprint density at radius 3 is 2.57 bits per heavy atom.